The van der Waals surface area contributed by atoms with Gasteiger partial charge in [0.15, 0.2) is 0 Å². The molecule has 0 radical (unpaired) electrons. The van der Waals surface area contributed by atoms with Crippen molar-refractivity contribution in [2.45, 2.75) is 45.8 Å². The first-order valence-electron chi connectivity index (χ1n) is 5.94. The first-order valence-corrected chi connectivity index (χ1v) is 5.94. The van der Waals surface area contributed by atoms with E-state index in [2.05, 4.69) is 15.3 Å². The van der Waals surface area contributed by atoms with Crippen LogP contribution in [0, 0.1) is 0 Å². The lowest BCUT2D eigenvalue weighted by Gasteiger charge is -2.14. The van der Waals surface area contributed by atoms with Crippen molar-refractivity contribution in [3.8, 4) is 5.88 Å². The number of hydrogen-bond acceptors (Lipinski definition) is 5. The summed E-state index contributed by atoms with van der Waals surface area (Å²) in [6.07, 6.45) is 2.15. The first-order chi connectivity index (χ1) is 8.47. The molecule has 0 aromatic carbocycles. The fourth-order valence-corrected chi connectivity index (χ4v) is 1.39. The number of carbonyl (C=O) groups is 1. The van der Waals surface area contributed by atoms with E-state index in [1.807, 2.05) is 20.8 Å². The smallest absolute Gasteiger partial charge is 0.303 e. The number of rotatable bonds is 7. The van der Waals surface area contributed by atoms with Gasteiger partial charge in [-0.2, -0.15) is 0 Å². The molecule has 1 aromatic heterocycles. The zero-order chi connectivity index (χ0) is 13.5. The standard InChI is InChI=1S/C12H19N3O3/c1-8(2)18-11-6-10(13-7-14-11)15-9(3)4-5-12(16)17/h6-9H,4-5H2,1-3H3,(H,16,17)(H,13,14,15). The van der Waals surface area contributed by atoms with Crippen LogP contribution in [0.4, 0.5) is 5.82 Å². The summed E-state index contributed by atoms with van der Waals surface area (Å²) in [4.78, 5) is 18.5. The van der Waals surface area contributed by atoms with Crippen molar-refractivity contribution in [3.63, 3.8) is 0 Å². The largest absolute Gasteiger partial charge is 0.481 e. The van der Waals surface area contributed by atoms with Crippen molar-refractivity contribution in [2.24, 2.45) is 0 Å². The number of ether oxygens (including phenoxy) is 1. The monoisotopic (exact) mass is 253 g/mol. The van der Waals surface area contributed by atoms with Crippen LogP contribution in [0.25, 0.3) is 0 Å². The highest BCUT2D eigenvalue weighted by Crippen LogP contribution is 2.14. The second-order valence-corrected chi connectivity index (χ2v) is 4.39. The second-order valence-electron chi connectivity index (χ2n) is 4.39. The van der Waals surface area contributed by atoms with Gasteiger partial charge in [0.1, 0.15) is 12.1 Å². The van der Waals surface area contributed by atoms with E-state index in [9.17, 15) is 4.79 Å². The van der Waals surface area contributed by atoms with Gasteiger partial charge in [0, 0.05) is 18.5 Å². The van der Waals surface area contributed by atoms with E-state index < -0.39 is 5.97 Å². The van der Waals surface area contributed by atoms with Gasteiger partial charge in [-0.25, -0.2) is 9.97 Å². The van der Waals surface area contributed by atoms with Gasteiger partial charge in [-0.3, -0.25) is 4.79 Å². The third-order valence-electron chi connectivity index (χ3n) is 2.18. The Morgan fingerprint density at radius 1 is 1.44 bits per heavy atom. The molecular weight excluding hydrogens is 234 g/mol. The van der Waals surface area contributed by atoms with E-state index >= 15 is 0 Å². The lowest BCUT2D eigenvalue weighted by Crippen LogP contribution is -2.17. The molecule has 1 unspecified atom stereocenters. The Kier molecular flexibility index (Phi) is 5.35. The number of carboxylic acids is 1. The summed E-state index contributed by atoms with van der Waals surface area (Å²) >= 11 is 0. The van der Waals surface area contributed by atoms with Crippen molar-refractivity contribution in [3.05, 3.63) is 12.4 Å². The third kappa shape index (κ3) is 5.47. The number of nitrogens with one attached hydrogen (secondary N) is 1. The van der Waals surface area contributed by atoms with Crippen LogP contribution in [0.1, 0.15) is 33.6 Å². The van der Waals surface area contributed by atoms with Gasteiger partial charge in [0.2, 0.25) is 5.88 Å². The Hall–Kier alpha value is -1.85. The van der Waals surface area contributed by atoms with Crippen molar-refractivity contribution in [1.29, 1.82) is 0 Å². The summed E-state index contributed by atoms with van der Waals surface area (Å²) in [6.45, 7) is 5.75. The van der Waals surface area contributed by atoms with Crippen LogP contribution in [0.3, 0.4) is 0 Å². The van der Waals surface area contributed by atoms with Gasteiger partial charge < -0.3 is 15.2 Å². The fraction of sp³-hybridized carbons (Fsp3) is 0.583. The molecule has 0 bridgehead atoms. The van der Waals surface area contributed by atoms with Crippen LogP contribution in [-0.2, 0) is 4.79 Å². The summed E-state index contributed by atoms with van der Waals surface area (Å²) < 4.78 is 5.45. The number of carboxylic acid groups (broad SMARTS) is 1. The van der Waals surface area contributed by atoms with Gasteiger partial charge in [-0.15, -0.1) is 0 Å². The molecule has 1 atom stereocenters. The molecule has 0 spiro atoms. The highest BCUT2D eigenvalue weighted by atomic mass is 16.5. The topological polar surface area (TPSA) is 84.3 Å². The predicted molar refractivity (Wildman–Crippen MR) is 67.8 cm³/mol. The van der Waals surface area contributed by atoms with Crippen LogP contribution in [-0.4, -0.2) is 33.2 Å². The molecule has 18 heavy (non-hydrogen) atoms. The Morgan fingerprint density at radius 2 is 2.17 bits per heavy atom. The Morgan fingerprint density at radius 3 is 2.78 bits per heavy atom. The first kappa shape index (κ1) is 14.2. The average Bonchev–Trinajstić information content (AvgIpc) is 2.26. The Bertz CT molecular complexity index is 396. The molecular formula is C12H19N3O3. The van der Waals surface area contributed by atoms with Crippen molar-refractivity contribution in [1.82, 2.24) is 9.97 Å². The maximum atomic E-state index is 10.5. The van der Waals surface area contributed by atoms with Crippen LogP contribution < -0.4 is 10.1 Å². The van der Waals surface area contributed by atoms with E-state index in [-0.39, 0.29) is 18.6 Å². The minimum Gasteiger partial charge on any atom is -0.481 e. The number of nitrogens with zero attached hydrogens (tertiary/aromatic N) is 2. The third-order valence-corrected chi connectivity index (χ3v) is 2.18. The van der Waals surface area contributed by atoms with Crippen LogP contribution in [0.5, 0.6) is 5.88 Å². The van der Waals surface area contributed by atoms with Gasteiger partial charge in [-0.1, -0.05) is 0 Å². The van der Waals surface area contributed by atoms with E-state index in [4.69, 9.17) is 9.84 Å². The van der Waals surface area contributed by atoms with Crippen LogP contribution in [0.15, 0.2) is 12.4 Å². The molecule has 1 rings (SSSR count). The summed E-state index contributed by atoms with van der Waals surface area (Å²) in [5, 5.41) is 11.7. The normalized spacial score (nSPS) is 12.2. The van der Waals surface area contributed by atoms with Crippen LogP contribution >= 0.6 is 0 Å². The van der Waals surface area contributed by atoms with E-state index in [1.54, 1.807) is 6.07 Å². The molecule has 0 aliphatic carbocycles. The summed E-state index contributed by atoms with van der Waals surface area (Å²) in [5.41, 5.74) is 0. The number of aromatic nitrogens is 2. The maximum absolute atomic E-state index is 10.5. The number of aliphatic carboxylic acids is 1. The van der Waals surface area contributed by atoms with Gasteiger partial charge in [-0.05, 0) is 27.2 Å². The molecule has 6 heteroatoms. The lowest BCUT2D eigenvalue weighted by atomic mass is 10.2. The number of hydrogen-bond donors (Lipinski definition) is 2. The highest BCUT2D eigenvalue weighted by molar-refractivity contribution is 5.66. The molecule has 0 aliphatic heterocycles. The van der Waals surface area contributed by atoms with E-state index in [0.717, 1.165) is 0 Å². The summed E-state index contributed by atoms with van der Waals surface area (Å²) in [5.74, 6) is 0.349. The molecule has 0 saturated heterocycles. The Labute approximate surface area is 106 Å². The highest BCUT2D eigenvalue weighted by Gasteiger charge is 2.07. The minimum absolute atomic E-state index is 0.0305. The van der Waals surface area contributed by atoms with E-state index in [0.29, 0.717) is 18.1 Å². The zero-order valence-corrected chi connectivity index (χ0v) is 10.9. The molecule has 0 fully saturated rings. The van der Waals surface area contributed by atoms with Gasteiger partial charge in [0.05, 0.1) is 6.10 Å². The predicted octanol–water partition coefficient (Wildman–Crippen LogP) is 1.93. The molecule has 2 N–H and O–H groups in total. The van der Waals surface area contributed by atoms with Crippen molar-refractivity contribution >= 4 is 11.8 Å². The quantitative estimate of drug-likeness (QED) is 0.772. The number of anilines is 1. The van der Waals surface area contributed by atoms with E-state index in [1.165, 1.54) is 6.33 Å². The molecule has 100 valence electrons. The molecule has 0 aliphatic rings. The van der Waals surface area contributed by atoms with Crippen LogP contribution in [0.2, 0.25) is 0 Å². The van der Waals surface area contributed by atoms with Crippen molar-refractivity contribution < 1.29 is 14.6 Å². The molecule has 1 heterocycles. The molecule has 0 saturated carbocycles. The Balaban J connectivity index is 2.53. The van der Waals surface area contributed by atoms with Crippen molar-refractivity contribution in [2.75, 3.05) is 5.32 Å². The maximum Gasteiger partial charge on any atom is 0.303 e. The summed E-state index contributed by atoms with van der Waals surface area (Å²) in [6, 6.07) is 1.74. The average molecular weight is 253 g/mol. The molecule has 6 nitrogen and oxygen atoms in total. The SMILES string of the molecule is CC(CCC(=O)O)Nc1cc(OC(C)C)ncn1. The second kappa shape index (κ2) is 6.78. The summed E-state index contributed by atoms with van der Waals surface area (Å²) in [7, 11) is 0. The minimum atomic E-state index is -0.796. The fourth-order valence-electron chi connectivity index (χ4n) is 1.39. The molecule has 1 aromatic rings. The lowest BCUT2D eigenvalue weighted by molar-refractivity contribution is -0.137. The van der Waals surface area contributed by atoms with Gasteiger partial charge >= 0.3 is 5.97 Å². The van der Waals surface area contributed by atoms with Gasteiger partial charge in [0.25, 0.3) is 0 Å². The zero-order valence-electron chi connectivity index (χ0n) is 10.9. The molecule has 0 amide bonds.